The van der Waals surface area contributed by atoms with Gasteiger partial charge in [-0.2, -0.15) is 13.2 Å². The van der Waals surface area contributed by atoms with Crippen LogP contribution < -0.4 is 4.83 Å². The van der Waals surface area contributed by atoms with E-state index in [1.807, 2.05) is 4.83 Å². The van der Waals surface area contributed by atoms with E-state index in [1.54, 1.807) is 6.92 Å². The van der Waals surface area contributed by atoms with Crippen LogP contribution in [-0.2, 0) is 25.7 Å². The van der Waals surface area contributed by atoms with Crippen LogP contribution in [0.5, 0.6) is 0 Å². The predicted molar refractivity (Wildman–Crippen MR) is 82.3 cm³/mol. The Hall–Kier alpha value is -2.25. The van der Waals surface area contributed by atoms with Crippen LogP contribution in [0.4, 0.5) is 18.9 Å². The predicted octanol–water partition coefficient (Wildman–Crippen LogP) is 1.69. The largest absolute Gasteiger partial charge is 0.465 e. The first-order valence-corrected chi connectivity index (χ1v) is 8.69. The number of carbonyl (C=O) groups is 1. The Morgan fingerprint density at radius 3 is 2.42 bits per heavy atom. The van der Waals surface area contributed by atoms with Gasteiger partial charge < -0.3 is 4.74 Å². The van der Waals surface area contributed by atoms with Gasteiger partial charge in [0.1, 0.15) is 6.54 Å². The van der Waals surface area contributed by atoms with Crippen molar-refractivity contribution in [2.75, 3.05) is 19.7 Å². The number of sulfonamides is 1. The van der Waals surface area contributed by atoms with Crippen LogP contribution in [0.3, 0.4) is 0 Å². The van der Waals surface area contributed by atoms with Gasteiger partial charge in [0, 0.05) is 12.6 Å². The summed E-state index contributed by atoms with van der Waals surface area (Å²) in [7, 11) is -4.61. The molecule has 9 nitrogen and oxygen atoms in total. The maximum absolute atomic E-state index is 12.7. The highest BCUT2D eigenvalue weighted by molar-refractivity contribution is 7.89. The minimum absolute atomic E-state index is 0.00746. The number of esters is 1. The average Bonchev–Trinajstić information content (AvgIpc) is 2.52. The summed E-state index contributed by atoms with van der Waals surface area (Å²) in [5.74, 6) is -0.751. The molecular weight excluding hydrogens is 383 g/mol. The van der Waals surface area contributed by atoms with Crippen LogP contribution in [-0.4, -0.2) is 44.0 Å². The molecule has 1 rings (SSSR count). The molecule has 0 radical (unpaired) electrons. The van der Waals surface area contributed by atoms with Gasteiger partial charge in [0.2, 0.25) is 0 Å². The minimum Gasteiger partial charge on any atom is -0.465 e. The van der Waals surface area contributed by atoms with Gasteiger partial charge in [0.25, 0.3) is 15.7 Å². The van der Waals surface area contributed by atoms with Gasteiger partial charge >= 0.3 is 12.1 Å². The third-order valence-electron chi connectivity index (χ3n) is 3.03. The number of likely N-dealkylation sites (N-methyl/N-ethyl adjacent to an activating group) is 1. The molecule has 0 aromatic heterocycles. The summed E-state index contributed by atoms with van der Waals surface area (Å²) in [5, 5.41) is 11.9. The number of hydrazine groups is 1. The summed E-state index contributed by atoms with van der Waals surface area (Å²) < 4.78 is 67.4. The quantitative estimate of drug-likeness (QED) is 0.401. The maximum atomic E-state index is 12.7. The number of alkyl halides is 3. The Morgan fingerprint density at radius 1 is 1.35 bits per heavy atom. The number of hydrogen-bond acceptors (Lipinski definition) is 7. The van der Waals surface area contributed by atoms with Crippen molar-refractivity contribution in [1.29, 1.82) is 0 Å². The number of nitro benzene ring substituents is 1. The molecule has 0 bridgehead atoms. The third-order valence-corrected chi connectivity index (χ3v) is 4.45. The number of benzene rings is 1. The molecular formula is C13H16F3N3O6S. The smallest absolute Gasteiger partial charge is 0.416 e. The van der Waals surface area contributed by atoms with Crippen LogP contribution in [0, 0.1) is 10.1 Å². The molecule has 13 heteroatoms. The Balaban J connectivity index is 3.22. The monoisotopic (exact) mass is 399 g/mol. The van der Waals surface area contributed by atoms with Gasteiger partial charge in [-0.25, -0.2) is 13.4 Å². The molecule has 0 spiro atoms. The number of ether oxygens (including phenoxy) is 1. The number of carbonyl (C=O) groups excluding carboxylic acids is 1. The lowest BCUT2D eigenvalue weighted by Crippen LogP contribution is -2.45. The van der Waals surface area contributed by atoms with E-state index in [0.717, 1.165) is 5.01 Å². The summed E-state index contributed by atoms with van der Waals surface area (Å²) in [6, 6.07) is 1.04. The van der Waals surface area contributed by atoms with Crippen LogP contribution in [0.25, 0.3) is 0 Å². The summed E-state index contributed by atoms with van der Waals surface area (Å²) in [5.41, 5.74) is -2.60. The molecule has 0 unspecified atom stereocenters. The number of rotatable bonds is 8. The third kappa shape index (κ3) is 5.64. The first kappa shape index (κ1) is 21.8. The normalized spacial score (nSPS) is 12.2. The van der Waals surface area contributed by atoms with Crippen LogP contribution in [0.1, 0.15) is 19.4 Å². The molecule has 0 heterocycles. The molecule has 146 valence electrons. The van der Waals surface area contributed by atoms with Gasteiger partial charge in [0.15, 0.2) is 4.90 Å². The first-order chi connectivity index (χ1) is 11.9. The van der Waals surface area contributed by atoms with Crippen LogP contribution in [0.2, 0.25) is 0 Å². The van der Waals surface area contributed by atoms with Gasteiger partial charge in [-0.15, -0.1) is 4.83 Å². The van der Waals surface area contributed by atoms with E-state index >= 15 is 0 Å². The summed E-state index contributed by atoms with van der Waals surface area (Å²) in [6.45, 7) is 2.60. The topological polar surface area (TPSA) is 119 Å². The van der Waals surface area contributed by atoms with Crippen LogP contribution >= 0.6 is 0 Å². The van der Waals surface area contributed by atoms with Gasteiger partial charge in [-0.1, -0.05) is 6.92 Å². The molecule has 0 fully saturated rings. The van der Waals surface area contributed by atoms with Crippen molar-refractivity contribution in [3.63, 3.8) is 0 Å². The van der Waals surface area contributed by atoms with Crippen molar-refractivity contribution in [2.24, 2.45) is 0 Å². The van der Waals surface area contributed by atoms with Crippen molar-refractivity contribution < 1.29 is 36.0 Å². The number of nitro groups is 1. The zero-order valence-corrected chi connectivity index (χ0v) is 14.6. The molecule has 0 aliphatic rings. The Kier molecular flexibility index (Phi) is 7.06. The van der Waals surface area contributed by atoms with E-state index < -0.39 is 49.8 Å². The van der Waals surface area contributed by atoms with Gasteiger partial charge in [-0.3, -0.25) is 14.9 Å². The Bertz CT molecular complexity index is 782. The molecule has 1 aromatic carbocycles. The average molecular weight is 399 g/mol. The van der Waals surface area contributed by atoms with E-state index in [1.165, 1.54) is 6.92 Å². The number of nitrogens with one attached hydrogen (secondary N) is 1. The lowest BCUT2D eigenvalue weighted by Gasteiger charge is -2.20. The van der Waals surface area contributed by atoms with Crippen molar-refractivity contribution in [2.45, 2.75) is 24.9 Å². The molecule has 0 atom stereocenters. The van der Waals surface area contributed by atoms with Crippen molar-refractivity contribution in [3.8, 4) is 0 Å². The Labute approximate surface area is 146 Å². The fourth-order valence-corrected chi connectivity index (χ4v) is 3.14. The lowest BCUT2D eigenvalue weighted by molar-refractivity contribution is -0.388. The van der Waals surface area contributed by atoms with E-state index in [-0.39, 0.29) is 19.2 Å². The van der Waals surface area contributed by atoms with Gasteiger partial charge in [0.05, 0.1) is 17.1 Å². The number of hydrogen-bond donors (Lipinski definition) is 1. The van der Waals surface area contributed by atoms with E-state index in [2.05, 4.69) is 4.74 Å². The van der Waals surface area contributed by atoms with E-state index in [0.29, 0.717) is 12.1 Å². The minimum atomic E-state index is -4.88. The lowest BCUT2D eigenvalue weighted by atomic mass is 10.2. The van der Waals surface area contributed by atoms with E-state index in [4.69, 9.17) is 0 Å². The summed E-state index contributed by atoms with van der Waals surface area (Å²) in [6.07, 6.45) is -4.88. The highest BCUT2D eigenvalue weighted by Gasteiger charge is 2.35. The van der Waals surface area contributed by atoms with Crippen molar-refractivity contribution in [3.05, 3.63) is 33.9 Å². The fourth-order valence-electron chi connectivity index (χ4n) is 1.85. The first-order valence-electron chi connectivity index (χ1n) is 7.21. The van der Waals surface area contributed by atoms with E-state index in [9.17, 15) is 36.5 Å². The summed E-state index contributed by atoms with van der Waals surface area (Å²) >= 11 is 0. The second-order valence-electron chi connectivity index (χ2n) is 4.85. The highest BCUT2D eigenvalue weighted by Crippen LogP contribution is 2.34. The van der Waals surface area contributed by atoms with Gasteiger partial charge in [-0.05, 0) is 19.1 Å². The standard InChI is InChI=1S/C13H16F3N3O6S/c1-3-18(8-12(20)25-4-2)17-26(23,24)11-6-5-9(13(14,15)16)7-10(11)19(21)22/h5-7,17H,3-4,8H2,1-2H3. The zero-order valence-electron chi connectivity index (χ0n) is 13.7. The molecule has 0 saturated carbocycles. The number of halogens is 3. The summed E-state index contributed by atoms with van der Waals surface area (Å²) in [4.78, 5) is 22.2. The van der Waals surface area contributed by atoms with Crippen LogP contribution in [0.15, 0.2) is 23.1 Å². The molecule has 0 aliphatic heterocycles. The second kappa shape index (κ2) is 8.42. The molecule has 1 N–H and O–H groups in total. The second-order valence-corrected chi connectivity index (χ2v) is 6.48. The zero-order chi connectivity index (χ0) is 20.1. The molecule has 26 heavy (non-hydrogen) atoms. The fraction of sp³-hybridized carbons (Fsp3) is 0.462. The molecule has 1 aromatic rings. The SMILES string of the molecule is CCOC(=O)CN(CC)NS(=O)(=O)c1ccc(C(F)(F)F)cc1[N+](=O)[O-]. The molecule has 0 aliphatic carbocycles. The molecule has 0 saturated heterocycles. The number of nitrogens with zero attached hydrogens (tertiary/aromatic N) is 2. The van der Waals surface area contributed by atoms with Crippen molar-refractivity contribution >= 4 is 21.7 Å². The van der Waals surface area contributed by atoms with Crippen molar-refractivity contribution in [1.82, 2.24) is 9.84 Å². The Morgan fingerprint density at radius 2 is 1.96 bits per heavy atom. The molecule has 0 amide bonds. The maximum Gasteiger partial charge on any atom is 0.416 e. The highest BCUT2D eigenvalue weighted by atomic mass is 32.2.